The first-order valence-corrected chi connectivity index (χ1v) is 10.9. The predicted molar refractivity (Wildman–Crippen MR) is 93.3 cm³/mol. The van der Waals surface area contributed by atoms with Gasteiger partial charge in [0.05, 0.1) is 0 Å². The molecule has 2 aliphatic rings. The van der Waals surface area contributed by atoms with E-state index in [1.165, 1.54) is 27.5 Å². The fourth-order valence-electron chi connectivity index (χ4n) is 3.82. The molecular formula is C19H21Cl2OSiZr. The van der Waals surface area contributed by atoms with Crippen molar-refractivity contribution in [3.63, 3.8) is 0 Å². The average molecular weight is 456 g/mol. The number of fused-ring (bicyclic) bond motifs is 3. The van der Waals surface area contributed by atoms with Gasteiger partial charge in [0.25, 0.3) is 0 Å². The smallest absolute Gasteiger partial charge is 1.00 e. The second-order valence-corrected chi connectivity index (χ2v) is 11.1. The molecule has 0 fully saturated rings. The van der Waals surface area contributed by atoms with Gasteiger partial charge in [-0.15, -0.1) is 29.0 Å². The van der Waals surface area contributed by atoms with Gasteiger partial charge in [0.2, 0.25) is 0 Å². The third-order valence-corrected chi connectivity index (χ3v) is 8.33. The first kappa shape index (κ1) is 22.0. The average Bonchev–Trinajstić information content (AvgIpc) is 2.92. The molecule has 1 heterocycles. The SMILES string of the molecule is C[Si]1(C)c2[cH-]c3cccc(C4=CC(CCCO)=CC4)c3c21.[Cl-].[Cl-].[Zr+3]. The molecule has 24 heavy (non-hydrogen) atoms. The minimum Gasteiger partial charge on any atom is -1.00 e. The summed E-state index contributed by atoms with van der Waals surface area (Å²) < 4.78 is 0. The Morgan fingerprint density at radius 2 is 1.96 bits per heavy atom. The fourth-order valence-corrected chi connectivity index (χ4v) is 7.18. The van der Waals surface area contributed by atoms with E-state index in [2.05, 4.69) is 49.5 Å². The largest absolute Gasteiger partial charge is 3.00 e. The Hall–Kier alpha value is -0.0500. The molecule has 0 saturated carbocycles. The molecule has 1 aliphatic carbocycles. The van der Waals surface area contributed by atoms with Gasteiger partial charge in [0, 0.05) is 14.7 Å². The molecule has 125 valence electrons. The molecule has 2 aromatic carbocycles. The number of allylic oxidation sites excluding steroid dienone is 4. The van der Waals surface area contributed by atoms with Gasteiger partial charge in [0.15, 0.2) is 0 Å². The molecule has 1 nitrogen and oxygen atoms in total. The molecule has 0 atom stereocenters. The van der Waals surface area contributed by atoms with Crippen molar-refractivity contribution in [2.24, 2.45) is 0 Å². The molecule has 0 unspecified atom stereocenters. The Bertz CT molecular complexity index is 805. The number of hydrogen-bond acceptors (Lipinski definition) is 1. The van der Waals surface area contributed by atoms with Gasteiger partial charge in [-0.3, -0.25) is 0 Å². The van der Waals surface area contributed by atoms with Gasteiger partial charge < -0.3 is 29.9 Å². The van der Waals surface area contributed by atoms with E-state index in [9.17, 15) is 0 Å². The zero-order valence-corrected chi connectivity index (χ0v) is 19.0. The maximum absolute atomic E-state index is 8.98. The van der Waals surface area contributed by atoms with Crippen molar-refractivity contribution >= 4 is 34.8 Å². The van der Waals surface area contributed by atoms with Gasteiger partial charge in [-0.05, 0) is 24.8 Å². The Labute approximate surface area is 176 Å². The number of aliphatic hydroxyl groups is 1. The van der Waals surface area contributed by atoms with Crippen LogP contribution >= 0.6 is 0 Å². The molecule has 1 radical (unpaired) electrons. The molecule has 0 bridgehead atoms. The van der Waals surface area contributed by atoms with E-state index in [0.717, 1.165) is 19.3 Å². The molecule has 1 N–H and O–H groups in total. The Morgan fingerprint density at radius 3 is 2.67 bits per heavy atom. The van der Waals surface area contributed by atoms with E-state index >= 15 is 0 Å². The summed E-state index contributed by atoms with van der Waals surface area (Å²) in [5.41, 5.74) is 4.29. The van der Waals surface area contributed by atoms with Crippen molar-refractivity contribution in [1.82, 2.24) is 0 Å². The third-order valence-electron chi connectivity index (χ3n) is 5.07. The Morgan fingerprint density at radius 1 is 1.21 bits per heavy atom. The van der Waals surface area contributed by atoms with E-state index < -0.39 is 8.07 Å². The minimum absolute atomic E-state index is 0. The summed E-state index contributed by atoms with van der Waals surface area (Å²) in [6, 6.07) is 9.17. The van der Waals surface area contributed by atoms with Crippen LogP contribution in [-0.4, -0.2) is 19.8 Å². The zero-order valence-electron chi connectivity index (χ0n) is 14.0. The third kappa shape index (κ3) is 3.44. The topological polar surface area (TPSA) is 20.2 Å². The predicted octanol–water partition coefficient (Wildman–Crippen LogP) is -2.81. The summed E-state index contributed by atoms with van der Waals surface area (Å²) in [5.74, 6) is 0. The molecule has 0 spiro atoms. The molecule has 4 rings (SSSR count). The van der Waals surface area contributed by atoms with Crippen LogP contribution in [0.2, 0.25) is 13.1 Å². The van der Waals surface area contributed by atoms with Crippen LogP contribution in [0.5, 0.6) is 0 Å². The van der Waals surface area contributed by atoms with Crippen molar-refractivity contribution in [1.29, 1.82) is 0 Å². The first-order valence-electron chi connectivity index (χ1n) is 7.87. The zero-order chi connectivity index (χ0) is 14.6. The molecule has 0 aromatic heterocycles. The van der Waals surface area contributed by atoms with Crippen LogP contribution in [0.4, 0.5) is 0 Å². The maximum Gasteiger partial charge on any atom is 3.00 e. The normalized spacial score (nSPS) is 16.3. The summed E-state index contributed by atoms with van der Waals surface area (Å²) >= 11 is 0. The van der Waals surface area contributed by atoms with E-state index in [0.29, 0.717) is 0 Å². The molecule has 0 amide bonds. The van der Waals surface area contributed by atoms with E-state index in [-0.39, 0.29) is 57.6 Å². The van der Waals surface area contributed by atoms with Crippen LogP contribution in [0.1, 0.15) is 24.8 Å². The molecule has 2 aromatic rings. The summed E-state index contributed by atoms with van der Waals surface area (Å²) in [6.07, 6.45) is 7.58. The monoisotopic (exact) mass is 453 g/mol. The summed E-state index contributed by atoms with van der Waals surface area (Å²) in [4.78, 5) is 0. The van der Waals surface area contributed by atoms with Gasteiger partial charge in [-0.2, -0.15) is 10.4 Å². The number of rotatable bonds is 4. The fraction of sp³-hybridized carbons (Fsp3) is 0.316. The van der Waals surface area contributed by atoms with Crippen LogP contribution in [0.15, 0.2) is 42.0 Å². The molecular weight excluding hydrogens is 434 g/mol. The van der Waals surface area contributed by atoms with Crippen molar-refractivity contribution in [2.45, 2.75) is 32.4 Å². The standard InChI is InChI=1S/C19H21OSi.2ClH.Zr/c1-21(2)17-12-15-6-3-7-16(18(15)19(17)21)14-9-8-13(11-14)5-4-10-20;;;/h3,6-8,11-12,20H,4-5,9-10H2,1-2H3;2*1H;/q-1;;;+3/p-2. The van der Waals surface area contributed by atoms with E-state index in [1.54, 1.807) is 10.4 Å². The van der Waals surface area contributed by atoms with Crippen molar-refractivity contribution < 1.29 is 56.1 Å². The van der Waals surface area contributed by atoms with Crippen LogP contribution in [0, 0.1) is 0 Å². The van der Waals surface area contributed by atoms with Crippen LogP contribution in [-0.2, 0) is 26.2 Å². The second kappa shape index (κ2) is 8.10. The number of hydrogen-bond donors (Lipinski definition) is 1. The summed E-state index contributed by atoms with van der Waals surface area (Å²) in [5, 5.41) is 15.3. The minimum atomic E-state index is -1.18. The van der Waals surface area contributed by atoms with Crippen molar-refractivity contribution in [3.05, 3.63) is 47.6 Å². The Kier molecular flexibility index (Phi) is 7.42. The van der Waals surface area contributed by atoms with Crippen molar-refractivity contribution in [2.75, 3.05) is 6.61 Å². The quantitative estimate of drug-likeness (QED) is 0.390. The van der Waals surface area contributed by atoms with Gasteiger partial charge in [0.1, 0.15) is 0 Å². The van der Waals surface area contributed by atoms with Gasteiger partial charge in [-0.1, -0.05) is 42.4 Å². The van der Waals surface area contributed by atoms with Crippen LogP contribution in [0.3, 0.4) is 0 Å². The summed E-state index contributed by atoms with van der Waals surface area (Å²) in [7, 11) is -1.18. The number of halogens is 2. The summed E-state index contributed by atoms with van der Waals surface area (Å²) in [6.45, 7) is 5.20. The molecule has 1 aliphatic heterocycles. The maximum atomic E-state index is 8.98. The first-order chi connectivity index (χ1) is 10.1. The molecule has 5 heteroatoms. The van der Waals surface area contributed by atoms with Crippen LogP contribution < -0.4 is 35.2 Å². The van der Waals surface area contributed by atoms with Crippen molar-refractivity contribution in [3.8, 4) is 0 Å². The van der Waals surface area contributed by atoms with E-state index in [4.69, 9.17) is 5.11 Å². The molecule has 0 saturated heterocycles. The van der Waals surface area contributed by atoms with Gasteiger partial charge in [-0.25, -0.2) is 0 Å². The van der Waals surface area contributed by atoms with Gasteiger partial charge >= 0.3 is 26.2 Å². The number of benzene rings is 1. The van der Waals surface area contributed by atoms with E-state index in [1.807, 2.05) is 0 Å². The second-order valence-electron chi connectivity index (χ2n) is 6.81. The number of aliphatic hydroxyl groups excluding tert-OH is 1. The van der Waals surface area contributed by atoms with Crippen LogP contribution in [0.25, 0.3) is 16.3 Å². The Balaban J connectivity index is 0.000000960.